The van der Waals surface area contributed by atoms with Gasteiger partial charge in [-0.1, -0.05) is 6.92 Å². The number of nitrogens with one attached hydrogen (secondary N) is 1. The van der Waals surface area contributed by atoms with E-state index in [9.17, 15) is 0 Å². The Balaban J connectivity index is 2.12. The summed E-state index contributed by atoms with van der Waals surface area (Å²) in [5.41, 5.74) is 0. The lowest BCUT2D eigenvalue weighted by atomic mass is 10.1. The second-order valence-electron chi connectivity index (χ2n) is 4.25. The largest absolute Gasteiger partial charge is 0.378 e. The molecule has 1 rings (SSSR count). The highest BCUT2D eigenvalue weighted by Gasteiger charge is 2.18. The first-order valence-corrected chi connectivity index (χ1v) is 5.60. The second-order valence-corrected chi connectivity index (χ2v) is 4.25. The fourth-order valence-electron chi connectivity index (χ4n) is 1.90. The van der Waals surface area contributed by atoms with Crippen molar-refractivity contribution in [2.45, 2.75) is 64.6 Å². The molecule has 0 aromatic carbocycles. The van der Waals surface area contributed by atoms with E-state index in [1.165, 1.54) is 25.7 Å². The Morgan fingerprint density at radius 1 is 1.38 bits per heavy atom. The molecule has 3 atom stereocenters. The van der Waals surface area contributed by atoms with Crippen LogP contribution in [0.5, 0.6) is 0 Å². The van der Waals surface area contributed by atoms with Crippen LogP contribution < -0.4 is 5.32 Å². The third kappa shape index (κ3) is 4.10. The highest BCUT2D eigenvalue weighted by molar-refractivity contribution is 4.73. The molecule has 3 unspecified atom stereocenters. The molecular weight excluding hydrogens is 162 g/mol. The van der Waals surface area contributed by atoms with Crippen LogP contribution in [0.2, 0.25) is 0 Å². The predicted molar refractivity (Wildman–Crippen MR) is 55.9 cm³/mol. The van der Waals surface area contributed by atoms with Crippen molar-refractivity contribution in [1.29, 1.82) is 0 Å². The van der Waals surface area contributed by atoms with E-state index in [-0.39, 0.29) is 0 Å². The van der Waals surface area contributed by atoms with Crippen LogP contribution in [0.1, 0.15) is 46.5 Å². The summed E-state index contributed by atoms with van der Waals surface area (Å²) in [7, 11) is 0. The van der Waals surface area contributed by atoms with Crippen LogP contribution >= 0.6 is 0 Å². The molecule has 13 heavy (non-hydrogen) atoms. The molecule has 2 heteroatoms. The zero-order chi connectivity index (χ0) is 9.68. The minimum atomic E-state index is 0.520. The Bertz CT molecular complexity index is 132. The summed E-state index contributed by atoms with van der Waals surface area (Å²) < 4.78 is 5.60. The lowest BCUT2D eigenvalue weighted by molar-refractivity contribution is 0.0952. The molecule has 1 fully saturated rings. The fourth-order valence-corrected chi connectivity index (χ4v) is 1.90. The third-order valence-corrected chi connectivity index (χ3v) is 2.82. The normalized spacial score (nSPS) is 27.5. The summed E-state index contributed by atoms with van der Waals surface area (Å²) in [6, 6.07) is 1.23. The van der Waals surface area contributed by atoms with Crippen molar-refractivity contribution in [1.82, 2.24) is 5.32 Å². The first kappa shape index (κ1) is 11.0. The van der Waals surface area contributed by atoms with Gasteiger partial charge in [0.05, 0.1) is 6.10 Å². The predicted octanol–water partition coefficient (Wildman–Crippen LogP) is 2.33. The van der Waals surface area contributed by atoms with E-state index < -0.39 is 0 Å². The highest BCUT2D eigenvalue weighted by atomic mass is 16.5. The van der Waals surface area contributed by atoms with Crippen molar-refractivity contribution in [2.24, 2.45) is 0 Å². The van der Waals surface area contributed by atoms with Gasteiger partial charge in [-0.2, -0.15) is 0 Å². The van der Waals surface area contributed by atoms with Gasteiger partial charge >= 0.3 is 0 Å². The van der Waals surface area contributed by atoms with Crippen molar-refractivity contribution >= 4 is 0 Å². The monoisotopic (exact) mass is 185 g/mol. The molecule has 1 aliphatic heterocycles. The first-order chi connectivity index (χ1) is 6.22. The van der Waals surface area contributed by atoms with Gasteiger partial charge in [0, 0.05) is 18.7 Å². The van der Waals surface area contributed by atoms with Crippen LogP contribution in [0.4, 0.5) is 0 Å². The van der Waals surface area contributed by atoms with Crippen LogP contribution in [0, 0.1) is 0 Å². The van der Waals surface area contributed by atoms with Crippen LogP contribution in [-0.4, -0.2) is 24.8 Å². The maximum atomic E-state index is 5.60. The standard InChI is InChI=1S/C11H23NO/c1-4-9(2)12-10(3)8-11-6-5-7-13-11/h9-12H,4-8H2,1-3H3. The molecule has 0 aromatic heterocycles. The summed E-state index contributed by atoms with van der Waals surface area (Å²) in [6.07, 6.45) is 5.40. The molecule has 2 nitrogen and oxygen atoms in total. The lowest BCUT2D eigenvalue weighted by Gasteiger charge is -2.21. The quantitative estimate of drug-likeness (QED) is 0.710. The SMILES string of the molecule is CCC(C)NC(C)CC1CCCO1. The zero-order valence-electron chi connectivity index (χ0n) is 9.18. The Morgan fingerprint density at radius 3 is 2.69 bits per heavy atom. The minimum absolute atomic E-state index is 0.520. The number of ether oxygens (including phenoxy) is 1. The van der Waals surface area contributed by atoms with Crippen molar-refractivity contribution in [3.05, 3.63) is 0 Å². The number of hydrogen-bond acceptors (Lipinski definition) is 2. The van der Waals surface area contributed by atoms with Crippen LogP contribution in [0.15, 0.2) is 0 Å². The average molecular weight is 185 g/mol. The Hall–Kier alpha value is -0.0800. The van der Waals surface area contributed by atoms with Crippen LogP contribution in [0.25, 0.3) is 0 Å². The van der Waals surface area contributed by atoms with Crippen LogP contribution in [0.3, 0.4) is 0 Å². The molecular formula is C11H23NO. The molecule has 1 saturated heterocycles. The fraction of sp³-hybridized carbons (Fsp3) is 1.00. The van der Waals surface area contributed by atoms with Gasteiger partial charge in [-0.25, -0.2) is 0 Å². The molecule has 1 N–H and O–H groups in total. The van der Waals surface area contributed by atoms with Gasteiger partial charge in [-0.05, 0) is 39.5 Å². The maximum Gasteiger partial charge on any atom is 0.0590 e. The molecule has 0 amide bonds. The van der Waals surface area contributed by atoms with Crippen molar-refractivity contribution < 1.29 is 4.74 Å². The van der Waals surface area contributed by atoms with E-state index in [1.807, 2.05) is 0 Å². The molecule has 78 valence electrons. The van der Waals surface area contributed by atoms with Gasteiger partial charge in [0.1, 0.15) is 0 Å². The molecule has 0 spiro atoms. The van der Waals surface area contributed by atoms with E-state index >= 15 is 0 Å². The summed E-state index contributed by atoms with van der Waals surface area (Å²) in [4.78, 5) is 0. The number of hydrogen-bond donors (Lipinski definition) is 1. The van der Waals surface area contributed by atoms with E-state index in [4.69, 9.17) is 4.74 Å². The Morgan fingerprint density at radius 2 is 2.15 bits per heavy atom. The Labute approximate surface area is 82.0 Å². The molecule has 0 saturated carbocycles. The Kier molecular flexibility index (Phi) is 4.74. The lowest BCUT2D eigenvalue weighted by Crippen LogP contribution is -2.36. The highest BCUT2D eigenvalue weighted by Crippen LogP contribution is 2.16. The van der Waals surface area contributed by atoms with E-state index in [0.717, 1.165) is 6.61 Å². The van der Waals surface area contributed by atoms with Gasteiger partial charge in [0.2, 0.25) is 0 Å². The van der Waals surface area contributed by atoms with Crippen molar-refractivity contribution in [3.63, 3.8) is 0 Å². The molecule has 0 radical (unpaired) electrons. The number of rotatable bonds is 5. The average Bonchev–Trinajstić information content (AvgIpc) is 2.56. The molecule has 1 aliphatic rings. The summed E-state index contributed by atoms with van der Waals surface area (Å²) in [5, 5.41) is 3.58. The zero-order valence-corrected chi connectivity index (χ0v) is 9.18. The smallest absolute Gasteiger partial charge is 0.0590 e. The van der Waals surface area contributed by atoms with Gasteiger partial charge < -0.3 is 10.1 Å². The van der Waals surface area contributed by atoms with E-state index in [1.54, 1.807) is 0 Å². The molecule has 0 aliphatic carbocycles. The van der Waals surface area contributed by atoms with Gasteiger partial charge in [-0.3, -0.25) is 0 Å². The second kappa shape index (κ2) is 5.61. The topological polar surface area (TPSA) is 21.3 Å². The summed E-state index contributed by atoms with van der Waals surface area (Å²) in [5.74, 6) is 0. The van der Waals surface area contributed by atoms with Crippen LogP contribution in [-0.2, 0) is 4.74 Å². The van der Waals surface area contributed by atoms with Crippen molar-refractivity contribution in [2.75, 3.05) is 6.61 Å². The molecule has 0 aromatic rings. The van der Waals surface area contributed by atoms with Crippen molar-refractivity contribution in [3.8, 4) is 0 Å². The third-order valence-electron chi connectivity index (χ3n) is 2.82. The van der Waals surface area contributed by atoms with E-state index in [2.05, 4.69) is 26.1 Å². The first-order valence-electron chi connectivity index (χ1n) is 5.60. The summed E-state index contributed by atoms with van der Waals surface area (Å²) in [6.45, 7) is 7.69. The maximum absolute atomic E-state index is 5.60. The molecule has 1 heterocycles. The van der Waals surface area contributed by atoms with Gasteiger partial charge in [-0.15, -0.1) is 0 Å². The van der Waals surface area contributed by atoms with E-state index in [0.29, 0.717) is 18.2 Å². The minimum Gasteiger partial charge on any atom is -0.378 e. The summed E-state index contributed by atoms with van der Waals surface area (Å²) >= 11 is 0. The molecule has 0 bridgehead atoms. The van der Waals surface area contributed by atoms with Gasteiger partial charge in [0.25, 0.3) is 0 Å². The van der Waals surface area contributed by atoms with Gasteiger partial charge in [0.15, 0.2) is 0 Å².